The van der Waals surface area contributed by atoms with Crippen molar-refractivity contribution in [3.8, 4) is 22.6 Å². The van der Waals surface area contributed by atoms with Crippen molar-refractivity contribution >= 4 is 16.9 Å². The third kappa shape index (κ3) is 5.64. The zero-order chi connectivity index (χ0) is 27.9. The maximum atomic E-state index is 15.2. The van der Waals surface area contributed by atoms with Crippen LogP contribution in [-0.2, 0) is 17.6 Å². The van der Waals surface area contributed by atoms with Gasteiger partial charge in [0.25, 0.3) is 0 Å². The molecule has 1 aromatic heterocycles. The Bertz CT molecular complexity index is 1520. The summed E-state index contributed by atoms with van der Waals surface area (Å²) in [7, 11) is 0. The molecule has 0 unspecified atom stereocenters. The first-order valence-electron chi connectivity index (χ1n) is 13.2. The molecule has 1 aliphatic rings. The van der Waals surface area contributed by atoms with Crippen molar-refractivity contribution in [1.29, 1.82) is 0 Å². The molecule has 0 spiro atoms. The van der Waals surface area contributed by atoms with E-state index in [1.54, 1.807) is 32.0 Å². The zero-order valence-corrected chi connectivity index (χ0v) is 22.6. The fourth-order valence-electron chi connectivity index (χ4n) is 5.48. The number of furan rings is 1. The lowest BCUT2D eigenvalue weighted by atomic mass is 9.90. The third-order valence-corrected chi connectivity index (χ3v) is 7.29. The largest absolute Gasteiger partial charge is 0.493 e. The normalized spacial score (nSPS) is 15.0. The van der Waals surface area contributed by atoms with Gasteiger partial charge in [-0.15, -0.1) is 0 Å². The second-order valence-corrected chi connectivity index (χ2v) is 11.0. The molecule has 4 aromatic rings. The van der Waals surface area contributed by atoms with Gasteiger partial charge in [-0.1, -0.05) is 6.07 Å². The highest BCUT2D eigenvalue weighted by atomic mass is 19.1. The summed E-state index contributed by atoms with van der Waals surface area (Å²) in [6.07, 6.45) is 2.73. The van der Waals surface area contributed by atoms with Gasteiger partial charge in [0.15, 0.2) is 0 Å². The van der Waals surface area contributed by atoms with Gasteiger partial charge < -0.3 is 24.1 Å². The Hall–Kier alpha value is -3.84. The molecule has 0 radical (unpaired) electrons. The number of aliphatic carboxylic acids is 1. The van der Waals surface area contributed by atoms with Crippen LogP contribution in [0.1, 0.15) is 60.6 Å². The Morgan fingerprint density at radius 3 is 2.54 bits per heavy atom. The first kappa shape index (κ1) is 26.8. The van der Waals surface area contributed by atoms with Gasteiger partial charge in [-0.25, -0.2) is 4.39 Å². The Labute approximate surface area is 227 Å². The minimum absolute atomic E-state index is 0.121. The molecular formula is C32H33FO6. The Balaban J connectivity index is 1.41. The minimum atomic E-state index is -0.926. The number of hydrogen-bond acceptors (Lipinski definition) is 5. The van der Waals surface area contributed by atoms with Crippen molar-refractivity contribution in [2.24, 2.45) is 0 Å². The highest BCUT2D eigenvalue weighted by Crippen LogP contribution is 2.44. The first-order chi connectivity index (χ1) is 18.5. The summed E-state index contributed by atoms with van der Waals surface area (Å²) in [6, 6.07) is 12.6. The van der Waals surface area contributed by atoms with E-state index in [1.165, 1.54) is 12.3 Å². The first-order valence-corrected chi connectivity index (χ1v) is 13.2. The van der Waals surface area contributed by atoms with E-state index >= 15 is 4.39 Å². The second-order valence-electron chi connectivity index (χ2n) is 11.0. The smallest absolute Gasteiger partial charge is 0.307 e. The fourth-order valence-corrected chi connectivity index (χ4v) is 5.48. The number of rotatable bonds is 9. The van der Waals surface area contributed by atoms with Crippen LogP contribution in [-0.4, -0.2) is 28.4 Å². The van der Waals surface area contributed by atoms with E-state index in [0.717, 1.165) is 39.0 Å². The van der Waals surface area contributed by atoms with Gasteiger partial charge in [0.05, 0.1) is 24.9 Å². The molecule has 3 aromatic carbocycles. The standard InChI is InChI=1S/C32H33FO6/c1-18-13-22(37-12-11-32(3,4)36)14-19(2)30(18)24-7-9-26(33)31-25(24)8-10-27(31)39-21-5-6-23-20(15-29(34)35)17-38-28(23)16-21/h5-7,9,13-14,16-17,27,36H,8,10-12,15H2,1-4H3,(H,34,35)/t27-/m1/s1. The van der Waals surface area contributed by atoms with Gasteiger partial charge in [-0.3, -0.25) is 4.79 Å². The lowest BCUT2D eigenvalue weighted by Crippen LogP contribution is -2.21. The predicted molar refractivity (Wildman–Crippen MR) is 147 cm³/mol. The number of carboxylic acid groups (broad SMARTS) is 1. The number of aliphatic hydroxyl groups is 1. The molecule has 1 heterocycles. The average molecular weight is 533 g/mol. The molecule has 1 aliphatic carbocycles. The van der Waals surface area contributed by atoms with E-state index in [9.17, 15) is 9.90 Å². The van der Waals surface area contributed by atoms with Crippen molar-refractivity contribution in [3.05, 3.63) is 82.4 Å². The molecule has 6 nitrogen and oxygen atoms in total. The lowest BCUT2D eigenvalue weighted by Gasteiger charge is -2.20. The van der Waals surface area contributed by atoms with Crippen LogP contribution in [0.25, 0.3) is 22.1 Å². The molecule has 0 amide bonds. The predicted octanol–water partition coefficient (Wildman–Crippen LogP) is 7.09. The number of carboxylic acids is 1. The molecule has 39 heavy (non-hydrogen) atoms. The number of fused-ring (bicyclic) bond motifs is 2. The number of aryl methyl sites for hydroxylation is 2. The summed E-state index contributed by atoms with van der Waals surface area (Å²) in [4.78, 5) is 11.1. The highest BCUT2D eigenvalue weighted by Gasteiger charge is 2.31. The summed E-state index contributed by atoms with van der Waals surface area (Å²) in [5, 5.41) is 19.8. The van der Waals surface area contributed by atoms with E-state index in [1.807, 2.05) is 32.0 Å². The Morgan fingerprint density at radius 1 is 1.10 bits per heavy atom. The van der Waals surface area contributed by atoms with E-state index in [4.69, 9.17) is 19.0 Å². The number of halogens is 1. The second kappa shape index (κ2) is 10.4. The van der Waals surface area contributed by atoms with Gasteiger partial charge >= 0.3 is 5.97 Å². The van der Waals surface area contributed by atoms with Gasteiger partial charge in [-0.2, -0.15) is 0 Å². The molecule has 0 aliphatic heterocycles. The summed E-state index contributed by atoms with van der Waals surface area (Å²) in [6.45, 7) is 7.99. The number of carbonyl (C=O) groups is 1. The van der Waals surface area contributed by atoms with Crippen LogP contribution in [0, 0.1) is 19.7 Å². The topological polar surface area (TPSA) is 89.1 Å². The maximum Gasteiger partial charge on any atom is 0.307 e. The van der Waals surface area contributed by atoms with E-state index in [0.29, 0.717) is 48.3 Å². The average Bonchev–Trinajstić information content (AvgIpc) is 3.44. The van der Waals surface area contributed by atoms with Crippen LogP contribution in [0.2, 0.25) is 0 Å². The molecule has 5 rings (SSSR count). The molecule has 0 saturated carbocycles. The highest BCUT2D eigenvalue weighted by molar-refractivity contribution is 5.86. The van der Waals surface area contributed by atoms with Crippen molar-refractivity contribution in [2.75, 3.05) is 6.61 Å². The van der Waals surface area contributed by atoms with Crippen molar-refractivity contribution in [3.63, 3.8) is 0 Å². The van der Waals surface area contributed by atoms with Gasteiger partial charge in [0.1, 0.15) is 29.0 Å². The molecule has 2 N–H and O–H groups in total. The number of ether oxygens (including phenoxy) is 2. The van der Waals surface area contributed by atoms with E-state index in [-0.39, 0.29) is 12.2 Å². The zero-order valence-electron chi connectivity index (χ0n) is 22.6. The lowest BCUT2D eigenvalue weighted by molar-refractivity contribution is -0.136. The van der Waals surface area contributed by atoms with Gasteiger partial charge in [0, 0.05) is 29.0 Å². The molecule has 1 atom stereocenters. The molecule has 7 heteroatoms. The molecule has 0 saturated heterocycles. The Kier molecular flexibility index (Phi) is 7.12. The molecular weight excluding hydrogens is 499 g/mol. The van der Waals surface area contributed by atoms with Crippen molar-refractivity contribution in [1.82, 2.24) is 0 Å². The molecule has 0 bridgehead atoms. The van der Waals surface area contributed by atoms with Gasteiger partial charge in [0.2, 0.25) is 0 Å². The SMILES string of the molecule is Cc1cc(OCCC(C)(C)O)cc(C)c1-c1ccc(F)c2c1CC[C@H]2Oc1ccc2c(CC(=O)O)coc2c1. The number of benzene rings is 3. The minimum Gasteiger partial charge on any atom is -0.493 e. The molecule has 0 fully saturated rings. The third-order valence-electron chi connectivity index (χ3n) is 7.29. The summed E-state index contributed by atoms with van der Waals surface area (Å²) in [5.74, 6) is 0.0743. The van der Waals surface area contributed by atoms with Crippen LogP contribution in [0.3, 0.4) is 0 Å². The van der Waals surface area contributed by atoms with E-state index in [2.05, 4.69) is 0 Å². The quantitative estimate of drug-likeness (QED) is 0.239. The van der Waals surface area contributed by atoms with Crippen LogP contribution >= 0.6 is 0 Å². The molecule has 204 valence electrons. The number of hydrogen-bond donors (Lipinski definition) is 2. The van der Waals surface area contributed by atoms with Crippen LogP contribution in [0.4, 0.5) is 4.39 Å². The van der Waals surface area contributed by atoms with Gasteiger partial charge in [-0.05, 0) is 98.7 Å². The van der Waals surface area contributed by atoms with Crippen molar-refractivity contribution in [2.45, 2.75) is 65.1 Å². The van der Waals surface area contributed by atoms with Crippen molar-refractivity contribution < 1.29 is 33.3 Å². The maximum absolute atomic E-state index is 15.2. The fraction of sp³-hybridized carbons (Fsp3) is 0.344. The van der Waals surface area contributed by atoms with Crippen LogP contribution < -0.4 is 9.47 Å². The van der Waals surface area contributed by atoms with Crippen LogP contribution in [0.5, 0.6) is 11.5 Å². The van der Waals surface area contributed by atoms with Crippen LogP contribution in [0.15, 0.2) is 53.1 Å². The summed E-state index contributed by atoms with van der Waals surface area (Å²) < 4.78 is 33.0. The monoisotopic (exact) mass is 532 g/mol. The van der Waals surface area contributed by atoms with E-state index < -0.39 is 17.7 Å². The summed E-state index contributed by atoms with van der Waals surface area (Å²) in [5.41, 5.74) is 5.99. The summed E-state index contributed by atoms with van der Waals surface area (Å²) >= 11 is 0. The Morgan fingerprint density at radius 2 is 1.85 bits per heavy atom.